The summed E-state index contributed by atoms with van der Waals surface area (Å²) >= 11 is 1.55. The third-order valence-corrected chi connectivity index (χ3v) is 5.78. The fraction of sp³-hybridized carbons (Fsp3) is 0.440. The van der Waals surface area contributed by atoms with Crippen LogP contribution < -0.4 is 10.1 Å². The number of thioether (sulfide) groups is 1. The van der Waals surface area contributed by atoms with Crippen LogP contribution in [0.3, 0.4) is 0 Å². The standard InChI is InChI=1S/C25H34N2O3S/c1-18-7-9-20(10-8-18)15-27(19(2)24(29)26-25(3,4)5)23(28)17-31-16-21-11-13-22(30-6)14-12-21/h7-14,19H,15-17H2,1-6H3,(H,26,29)/t19-/m1/s1. The van der Waals surface area contributed by atoms with Gasteiger partial charge in [0, 0.05) is 17.8 Å². The summed E-state index contributed by atoms with van der Waals surface area (Å²) in [6.45, 7) is 10.0. The monoisotopic (exact) mass is 442 g/mol. The Bertz CT molecular complexity index is 858. The van der Waals surface area contributed by atoms with Crippen LogP contribution in [0.2, 0.25) is 0 Å². The van der Waals surface area contributed by atoms with Crippen molar-refractivity contribution in [1.82, 2.24) is 10.2 Å². The molecular formula is C25H34N2O3S. The maximum Gasteiger partial charge on any atom is 0.242 e. The number of nitrogens with one attached hydrogen (secondary N) is 1. The lowest BCUT2D eigenvalue weighted by Gasteiger charge is -2.31. The van der Waals surface area contributed by atoms with Gasteiger partial charge in [0.25, 0.3) is 0 Å². The van der Waals surface area contributed by atoms with Crippen molar-refractivity contribution >= 4 is 23.6 Å². The van der Waals surface area contributed by atoms with Crippen LogP contribution >= 0.6 is 11.8 Å². The Morgan fingerprint density at radius 3 is 2.16 bits per heavy atom. The predicted molar refractivity (Wildman–Crippen MR) is 128 cm³/mol. The molecule has 6 heteroatoms. The van der Waals surface area contributed by atoms with E-state index in [0.717, 1.165) is 28.2 Å². The van der Waals surface area contributed by atoms with Crippen LogP contribution in [0.1, 0.15) is 44.4 Å². The Labute approximate surface area is 190 Å². The third-order valence-electron chi connectivity index (χ3n) is 4.79. The number of methoxy groups -OCH3 is 1. The number of benzene rings is 2. The molecular weight excluding hydrogens is 408 g/mol. The first-order valence-electron chi connectivity index (χ1n) is 10.5. The van der Waals surface area contributed by atoms with Gasteiger partial charge in [-0.05, 0) is 57.9 Å². The average molecular weight is 443 g/mol. The molecule has 2 rings (SSSR count). The van der Waals surface area contributed by atoms with Crippen molar-refractivity contribution in [3.63, 3.8) is 0 Å². The van der Waals surface area contributed by atoms with Gasteiger partial charge < -0.3 is 15.0 Å². The Morgan fingerprint density at radius 1 is 1.03 bits per heavy atom. The zero-order valence-electron chi connectivity index (χ0n) is 19.4. The molecule has 1 N–H and O–H groups in total. The Morgan fingerprint density at radius 2 is 1.61 bits per heavy atom. The second-order valence-corrected chi connectivity index (χ2v) is 9.75. The molecule has 5 nitrogen and oxygen atoms in total. The lowest BCUT2D eigenvalue weighted by Crippen LogP contribution is -2.52. The van der Waals surface area contributed by atoms with Crippen molar-refractivity contribution in [3.8, 4) is 5.75 Å². The van der Waals surface area contributed by atoms with Crippen molar-refractivity contribution in [2.45, 2.75) is 58.5 Å². The molecule has 0 radical (unpaired) electrons. The van der Waals surface area contributed by atoms with Crippen LogP contribution in [0, 0.1) is 6.92 Å². The van der Waals surface area contributed by atoms with Gasteiger partial charge in [0.2, 0.25) is 11.8 Å². The van der Waals surface area contributed by atoms with Crippen LogP contribution in [-0.4, -0.2) is 41.2 Å². The molecule has 2 aromatic carbocycles. The highest BCUT2D eigenvalue weighted by Crippen LogP contribution is 2.19. The van der Waals surface area contributed by atoms with E-state index in [9.17, 15) is 9.59 Å². The minimum absolute atomic E-state index is 0.0457. The van der Waals surface area contributed by atoms with Crippen LogP contribution in [0.15, 0.2) is 48.5 Å². The van der Waals surface area contributed by atoms with E-state index < -0.39 is 6.04 Å². The molecule has 168 valence electrons. The molecule has 2 amide bonds. The molecule has 0 bridgehead atoms. The quantitative estimate of drug-likeness (QED) is 0.618. The minimum atomic E-state index is -0.561. The summed E-state index contributed by atoms with van der Waals surface area (Å²) < 4.78 is 5.19. The van der Waals surface area contributed by atoms with Crippen LogP contribution in [0.4, 0.5) is 0 Å². The molecule has 0 aliphatic carbocycles. The summed E-state index contributed by atoms with van der Waals surface area (Å²) in [7, 11) is 1.64. The van der Waals surface area contributed by atoms with E-state index >= 15 is 0 Å². The van der Waals surface area contributed by atoms with Gasteiger partial charge in [-0.1, -0.05) is 42.0 Å². The molecule has 0 saturated heterocycles. The lowest BCUT2D eigenvalue weighted by molar-refractivity contribution is -0.139. The molecule has 1 atom stereocenters. The maximum absolute atomic E-state index is 13.1. The number of carbonyl (C=O) groups is 2. The predicted octanol–water partition coefficient (Wildman–Crippen LogP) is 4.57. The minimum Gasteiger partial charge on any atom is -0.497 e. The van der Waals surface area contributed by atoms with E-state index in [-0.39, 0.29) is 17.4 Å². The topological polar surface area (TPSA) is 58.6 Å². The van der Waals surface area contributed by atoms with Gasteiger partial charge in [0.05, 0.1) is 12.9 Å². The van der Waals surface area contributed by atoms with E-state index in [0.29, 0.717) is 12.3 Å². The summed E-state index contributed by atoms with van der Waals surface area (Å²) in [6, 6.07) is 15.3. The van der Waals surface area contributed by atoms with Crippen molar-refractivity contribution in [2.24, 2.45) is 0 Å². The van der Waals surface area contributed by atoms with Gasteiger partial charge >= 0.3 is 0 Å². The summed E-state index contributed by atoms with van der Waals surface area (Å²) in [5.74, 6) is 1.65. The first kappa shape index (κ1) is 24.8. The number of nitrogens with zero attached hydrogens (tertiary/aromatic N) is 1. The van der Waals surface area contributed by atoms with Crippen molar-refractivity contribution in [1.29, 1.82) is 0 Å². The SMILES string of the molecule is COc1ccc(CSCC(=O)N(Cc2ccc(C)cc2)[C@H](C)C(=O)NC(C)(C)C)cc1. The Hall–Kier alpha value is -2.47. The normalized spacial score (nSPS) is 12.2. The highest BCUT2D eigenvalue weighted by molar-refractivity contribution is 7.99. The molecule has 0 aromatic heterocycles. The zero-order chi connectivity index (χ0) is 23.0. The smallest absolute Gasteiger partial charge is 0.242 e. The second-order valence-electron chi connectivity index (χ2n) is 8.76. The van der Waals surface area contributed by atoms with E-state index in [1.807, 2.05) is 76.2 Å². The summed E-state index contributed by atoms with van der Waals surface area (Å²) in [6.07, 6.45) is 0. The van der Waals surface area contributed by atoms with Gasteiger partial charge in [-0.25, -0.2) is 0 Å². The van der Waals surface area contributed by atoms with E-state index in [4.69, 9.17) is 4.74 Å². The molecule has 31 heavy (non-hydrogen) atoms. The molecule has 0 heterocycles. The van der Waals surface area contributed by atoms with Gasteiger partial charge in [-0.2, -0.15) is 0 Å². The second kappa shape index (κ2) is 11.2. The summed E-state index contributed by atoms with van der Waals surface area (Å²) in [5.41, 5.74) is 2.94. The van der Waals surface area contributed by atoms with Crippen LogP contribution in [-0.2, 0) is 21.9 Å². The molecule has 2 aromatic rings. The first-order valence-corrected chi connectivity index (χ1v) is 11.6. The number of amides is 2. The van der Waals surface area contributed by atoms with Gasteiger partial charge in [0.1, 0.15) is 11.8 Å². The molecule has 0 unspecified atom stereocenters. The van der Waals surface area contributed by atoms with Gasteiger partial charge in [-0.3, -0.25) is 9.59 Å². The zero-order valence-corrected chi connectivity index (χ0v) is 20.2. The number of aryl methyl sites for hydroxylation is 1. The first-order chi connectivity index (χ1) is 14.6. The summed E-state index contributed by atoms with van der Waals surface area (Å²) in [4.78, 5) is 27.6. The van der Waals surface area contributed by atoms with Crippen molar-refractivity contribution in [2.75, 3.05) is 12.9 Å². The molecule has 0 fully saturated rings. The molecule has 0 aliphatic heterocycles. The van der Waals surface area contributed by atoms with Gasteiger partial charge in [-0.15, -0.1) is 11.8 Å². The Kier molecular flexibility index (Phi) is 8.99. The number of rotatable bonds is 9. The molecule has 0 aliphatic rings. The molecule has 0 saturated carbocycles. The van der Waals surface area contributed by atoms with E-state index in [1.165, 1.54) is 0 Å². The average Bonchev–Trinajstić information content (AvgIpc) is 2.72. The highest BCUT2D eigenvalue weighted by atomic mass is 32.2. The Balaban J connectivity index is 2.06. The largest absolute Gasteiger partial charge is 0.497 e. The number of hydrogen-bond acceptors (Lipinski definition) is 4. The fourth-order valence-corrected chi connectivity index (χ4v) is 3.88. The fourth-order valence-electron chi connectivity index (χ4n) is 3.01. The number of ether oxygens (including phenoxy) is 1. The highest BCUT2D eigenvalue weighted by Gasteiger charge is 2.28. The summed E-state index contributed by atoms with van der Waals surface area (Å²) in [5, 5.41) is 2.99. The van der Waals surface area contributed by atoms with Crippen LogP contribution in [0.5, 0.6) is 5.75 Å². The van der Waals surface area contributed by atoms with Crippen LogP contribution in [0.25, 0.3) is 0 Å². The van der Waals surface area contributed by atoms with E-state index in [2.05, 4.69) is 5.32 Å². The van der Waals surface area contributed by atoms with Gasteiger partial charge in [0.15, 0.2) is 0 Å². The third kappa shape index (κ3) is 8.29. The number of hydrogen-bond donors (Lipinski definition) is 1. The maximum atomic E-state index is 13.1. The van der Waals surface area contributed by atoms with E-state index in [1.54, 1.807) is 30.7 Å². The molecule has 0 spiro atoms. The number of carbonyl (C=O) groups excluding carboxylic acids is 2. The van der Waals surface area contributed by atoms with Crippen molar-refractivity contribution in [3.05, 3.63) is 65.2 Å². The lowest BCUT2D eigenvalue weighted by atomic mass is 10.1. The van der Waals surface area contributed by atoms with Crippen molar-refractivity contribution < 1.29 is 14.3 Å².